The summed E-state index contributed by atoms with van der Waals surface area (Å²) in [5.74, 6) is -0.333. The van der Waals surface area contributed by atoms with Gasteiger partial charge in [-0.15, -0.1) is 11.8 Å². The highest BCUT2D eigenvalue weighted by Gasteiger charge is 2.24. The van der Waals surface area contributed by atoms with Crippen LogP contribution in [0.1, 0.15) is 21.9 Å². The molecule has 0 radical (unpaired) electrons. The Morgan fingerprint density at radius 3 is 2.35 bits per heavy atom. The van der Waals surface area contributed by atoms with Crippen molar-refractivity contribution in [2.75, 3.05) is 7.05 Å². The third-order valence-electron chi connectivity index (χ3n) is 3.38. The second kappa shape index (κ2) is 7.83. The summed E-state index contributed by atoms with van der Waals surface area (Å²) in [5.41, 5.74) is 3.15. The van der Waals surface area contributed by atoms with Crippen LogP contribution in [0.25, 0.3) is 0 Å². The lowest BCUT2D eigenvalue weighted by molar-refractivity contribution is -0.119. The zero-order valence-electron chi connectivity index (χ0n) is 13.4. The highest BCUT2D eigenvalue weighted by atomic mass is 32.2. The molecule has 0 bridgehead atoms. The van der Waals surface area contributed by atoms with Crippen molar-refractivity contribution in [3.63, 3.8) is 0 Å². The van der Waals surface area contributed by atoms with Crippen LogP contribution in [0.3, 0.4) is 0 Å². The Labute approximate surface area is 140 Å². The van der Waals surface area contributed by atoms with E-state index in [1.54, 1.807) is 0 Å². The van der Waals surface area contributed by atoms with E-state index < -0.39 is 11.3 Å². The molecule has 0 aliphatic rings. The minimum Gasteiger partial charge on any atom is -0.341 e. The summed E-state index contributed by atoms with van der Waals surface area (Å²) < 4.78 is 0. The van der Waals surface area contributed by atoms with Gasteiger partial charge in [0, 0.05) is 11.9 Å². The number of aryl methyl sites for hydroxylation is 2. The maximum Gasteiger partial charge on any atom is 0.321 e. The summed E-state index contributed by atoms with van der Waals surface area (Å²) in [6, 6.07) is 15.1. The van der Waals surface area contributed by atoms with Gasteiger partial charge in [-0.1, -0.05) is 48.0 Å². The van der Waals surface area contributed by atoms with E-state index in [4.69, 9.17) is 0 Å². The Morgan fingerprint density at radius 2 is 1.74 bits per heavy atom. The molecule has 2 aromatic carbocycles. The number of thioether (sulfide) groups is 1. The Hall–Kier alpha value is -2.27. The molecule has 23 heavy (non-hydrogen) atoms. The molecule has 2 N–H and O–H groups in total. The second-order valence-electron chi connectivity index (χ2n) is 5.25. The van der Waals surface area contributed by atoms with Gasteiger partial charge >= 0.3 is 6.03 Å². The molecule has 0 aliphatic heterocycles. The van der Waals surface area contributed by atoms with Gasteiger partial charge in [0.25, 0.3) is 0 Å². The molecular weight excluding hydrogens is 308 g/mol. The van der Waals surface area contributed by atoms with E-state index in [0.29, 0.717) is 0 Å². The Balaban J connectivity index is 2.30. The average molecular weight is 328 g/mol. The van der Waals surface area contributed by atoms with Crippen molar-refractivity contribution in [2.45, 2.75) is 24.0 Å². The topological polar surface area (TPSA) is 58.2 Å². The van der Waals surface area contributed by atoms with Gasteiger partial charge in [0.2, 0.25) is 5.91 Å². The summed E-state index contributed by atoms with van der Waals surface area (Å²) in [5, 5.41) is 4.28. The predicted molar refractivity (Wildman–Crippen MR) is 93.6 cm³/mol. The molecule has 5 heteroatoms. The van der Waals surface area contributed by atoms with Crippen molar-refractivity contribution in [3.8, 4) is 0 Å². The van der Waals surface area contributed by atoms with Crippen molar-refractivity contribution in [1.82, 2.24) is 10.6 Å². The van der Waals surface area contributed by atoms with Gasteiger partial charge in [-0.2, -0.15) is 0 Å². The summed E-state index contributed by atoms with van der Waals surface area (Å²) in [7, 11) is 1.48. The monoisotopic (exact) mass is 328 g/mol. The molecule has 0 aromatic heterocycles. The minimum atomic E-state index is -0.503. The Kier molecular flexibility index (Phi) is 5.82. The van der Waals surface area contributed by atoms with Gasteiger partial charge in [-0.25, -0.2) is 4.79 Å². The first-order valence-corrected chi connectivity index (χ1v) is 8.20. The number of amides is 3. The van der Waals surface area contributed by atoms with Crippen LogP contribution in [-0.4, -0.2) is 19.0 Å². The van der Waals surface area contributed by atoms with Crippen molar-refractivity contribution in [1.29, 1.82) is 0 Å². The molecule has 4 nitrogen and oxygen atoms in total. The largest absolute Gasteiger partial charge is 0.341 e. The fourth-order valence-electron chi connectivity index (χ4n) is 2.20. The molecule has 0 heterocycles. The number of hydrogen-bond acceptors (Lipinski definition) is 3. The SMILES string of the molecule is CNC(=O)NC(=O)[C@H](Sc1ccc(C)cc1C)c1ccccc1. The third kappa shape index (κ3) is 4.60. The van der Waals surface area contributed by atoms with Crippen LogP contribution in [-0.2, 0) is 4.79 Å². The average Bonchev–Trinajstić information content (AvgIpc) is 2.54. The number of carbonyl (C=O) groups is 2. The van der Waals surface area contributed by atoms with Gasteiger partial charge in [0.15, 0.2) is 0 Å². The number of nitrogens with one attached hydrogen (secondary N) is 2. The van der Waals surface area contributed by atoms with Crippen LogP contribution >= 0.6 is 11.8 Å². The van der Waals surface area contributed by atoms with Crippen LogP contribution in [0.5, 0.6) is 0 Å². The highest BCUT2D eigenvalue weighted by molar-refractivity contribution is 8.00. The maximum atomic E-state index is 12.5. The van der Waals surface area contributed by atoms with E-state index in [1.165, 1.54) is 24.4 Å². The Morgan fingerprint density at radius 1 is 1.04 bits per heavy atom. The standard InChI is InChI=1S/C18H20N2O2S/c1-12-9-10-15(13(2)11-12)23-16(14-7-5-4-6-8-14)17(21)20-18(22)19-3/h4-11,16H,1-3H3,(H2,19,20,21,22)/t16-/m1/s1. The number of carbonyl (C=O) groups excluding carboxylic acids is 2. The zero-order valence-corrected chi connectivity index (χ0v) is 14.2. The zero-order chi connectivity index (χ0) is 16.8. The van der Waals surface area contributed by atoms with E-state index >= 15 is 0 Å². The van der Waals surface area contributed by atoms with Gasteiger partial charge in [0.05, 0.1) is 0 Å². The second-order valence-corrected chi connectivity index (χ2v) is 6.39. The molecular formula is C18H20N2O2S. The number of rotatable bonds is 4. The van der Waals surface area contributed by atoms with Crippen LogP contribution in [0.4, 0.5) is 4.79 Å². The number of benzene rings is 2. The van der Waals surface area contributed by atoms with E-state index in [2.05, 4.69) is 16.7 Å². The van der Waals surface area contributed by atoms with E-state index in [0.717, 1.165) is 16.0 Å². The number of urea groups is 1. The molecule has 0 spiro atoms. The van der Waals surface area contributed by atoms with E-state index in [-0.39, 0.29) is 5.91 Å². The fraction of sp³-hybridized carbons (Fsp3) is 0.222. The lowest BCUT2D eigenvalue weighted by atomic mass is 10.1. The molecule has 120 valence electrons. The molecule has 0 saturated carbocycles. The molecule has 0 aliphatic carbocycles. The fourth-order valence-corrected chi connectivity index (χ4v) is 3.30. The Bertz CT molecular complexity index is 701. The summed E-state index contributed by atoms with van der Waals surface area (Å²) in [6.07, 6.45) is 0. The molecule has 2 rings (SSSR count). The van der Waals surface area contributed by atoms with Crippen molar-refractivity contribution in [2.24, 2.45) is 0 Å². The van der Waals surface area contributed by atoms with Gasteiger partial charge < -0.3 is 5.32 Å². The third-order valence-corrected chi connectivity index (χ3v) is 4.81. The predicted octanol–water partition coefficient (Wildman–Crippen LogP) is 3.59. The molecule has 1 atom stereocenters. The minimum absolute atomic E-state index is 0.333. The summed E-state index contributed by atoms with van der Waals surface area (Å²) in [6.45, 7) is 4.06. The first-order chi connectivity index (χ1) is 11.0. The maximum absolute atomic E-state index is 12.5. The number of hydrogen-bond donors (Lipinski definition) is 2. The van der Waals surface area contributed by atoms with E-state index in [9.17, 15) is 9.59 Å². The number of imide groups is 1. The quantitative estimate of drug-likeness (QED) is 0.843. The van der Waals surface area contributed by atoms with Crippen molar-refractivity contribution >= 4 is 23.7 Å². The first-order valence-electron chi connectivity index (χ1n) is 7.32. The van der Waals surface area contributed by atoms with Crippen LogP contribution in [0, 0.1) is 13.8 Å². The highest BCUT2D eigenvalue weighted by Crippen LogP contribution is 2.37. The lowest BCUT2D eigenvalue weighted by Crippen LogP contribution is -2.39. The van der Waals surface area contributed by atoms with Crippen molar-refractivity contribution in [3.05, 3.63) is 65.2 Å². The molecule has 2 aromatic rings. The molecule has 0 unspecified atom stereocenters. The normalized spacial score (nSPS) is 11.6. The summed E-state index contributed by atoms with van der Waals surface area (Å²) in [4.78, 5) is 25.0. The van der Waals surface area contributed by atoms with Gasteiger partial charge in [0.1, 0.15) is 5.25 Å². The lowest BCUT2D eigenvalue weighted by Gasteiger charge is -2.17. The summed E-state index contributed by atoms with van der Waals surface area (Å²) >= 11 is 1.45. The molecule has 0 fully saturated rings. The molecule has 3 amide bonds. The van der Waals surface area contributed by atoms with Crippen LogP contribution in [0.15, 0.2) is 53.4 Å². The van der Waals surface area contributed by atoms with Crippen molar-refractivity contribution < 1.29 is 9.59 Å². The van der Waals surface area contributed by atoms with Gasteiger partial charge in [-0.3, -0.25) is 10.1 Å². The van der Waals surface area contributed by atoms with Crippen LogP contribution < -0.4 is 10.6 Å². The smallest absolute Gasteiger partial charge is 0.321 e. The van der Waals surface area contributed by atoms with Crippen LogP contribution in [0.2, 0.25) is 0 Å². The van der Waals surface area contributed by atoms with E-state index in [1.807, 2.05) is 56.3 Å². The van der Waals surface area contributed by atoms with Gasteiger partial charge in [-0.05, 0) is 31.0 Å². The first kappa shape index (κ1) is 17.1. The molecule has 0 saturated heterocycles.